The van der Waals surface area contributed by atoms with Crippen LogP contribution in [0.3, 0.4) is 0 Å². The third-order valence-corrected chi connectivity index (χ3v) is 6.62. The molecule has 0 unspecified atom stereocenters. The molecule has 0 spiro atoms. The first-order valence-electron chi connectivity index (χ1n) is 6.35. The smallest absolute Gasteiger partial charge is 0.258 e. The summed E-state index contributed by atoms with van der Waals surface area (Å²) in [4.78, 5) is 21.1. The molecule has 0 radical (unpaired) electrons. The number of hydrogen-bond acceptors (Lipinski definition) is 4. The Morgan fingerprint density at radius 3 is 1.56 bits per heavy atom. The van der Waals surface area contributed by atoms with Gasteiger partial charge >= 0.3 is 4.57 Å². The van der Waals surface area contributed by atoms with Crippen LogP contribution < -0.4 is 0 Å². The zero-order valence-electron chi connectivity index (χ0n) is 9.88. The largest absolute Gasteiger partial charge is 0.516 e. The molecule has 4 aliphatic rings. The second kappa shape index (κ2) is 3.65. The molecule has 4 fully saturated rings. The third kappa shape index (κ3) is 1.39. The van der Waals surface area contributed by atoms with Crippen LogP contribution in [0.1, 0.15) is 38.5 Å². The lowest BCUT2D eigenvalue weighted by molar-refractivity contribution is -0.780. The Bertz CT molecular complexity index is 376. The van der Waals surface area contributed by atoms with Crippen molar-refractivity contribution in [2.75, 3.05) is 0 Å². The van der Waals surface area contributed by atoms with Crippen molar-refractivity contribution in [1.82, 2.24) is 0 Å². The maximum atomic E-state index is 11.3. The lowest BCUT2D eigenvalue weighted by atomic mass is 9.48. The van der Waals surface area contributed by atoms with Crippen LogP contribution in [0.15, 0.2) is 0 Å². The Balaban J connectivity index is 2.04. The first-order valence-corrected chi connectivity index (χ1v) is 7.14. The zero-order valence-corrected chi connectivity index (χ0v) is 11.5. The lowest BCUT2D eigenvalue weighted by Gasteiger charge is -2.55. The SMILES string of the molecule is O=[N+]([O-])C(Br)([N+](=O)[O-])C12CC3CC(CC(C3)C1)C2. The van der Waals surface area contributed by atoms with Gasteiger partial charge in [0.25, 0.3) is 0 Å². The molecular formula is C11H15BrN2O4. The van der Waals surface area contributed by atoms with E-state index in [9.17, 15) is 20.2 Å². The predicted octanol–water partition coefficient (Wildman–Crippen LogP) is 2.80. The minimum atomic E-state index is -2.18. The molecule has 0 atom stereocenters. The summed E-state index contributed by atoms with van der Waals surface area (Å²) in [5.74, 6) is 1.36. The monoisotopic (exact) mass is 318 g/mol. The molecule has 7 heteroatoms. The fourth-order valence-electron chi connectivity index (χ4n) is 4.95. The highest BCUT2D eigenvalue weighted by Crippen LogP contribution is 2.65. The number of rotatable bonds is 3. The van der Waals surface area contributed by atoms with Crippen LogP contribution in [0, 0.1) is 43.4 Å². The molecule has 6 nitrogen and oxygen atoms in total. The minimum Gasteiger partial charge on any atom is -0.258 e. The second-order valence-electron chi connectivity index (χ2n) is 6.30. The van der Waals surface area contributed by atoms with Crippen molar-refractivity contribution in [2.24, 2.45) is 23.2 Å². The molecule has 4 saturated carbocycles. The van der Waals surface area contributed by atoms with Gasteiger partial charge < -0.3 is 0 Å². The van der Waals surface area contributed by atoms with Gasteiger partial charge in [-0.1, -0.05) is 0 Å². The molecule has 0 amide bonds. The highest BCUT2D eigenvalue weighted by molar-refractivity contribution is 9.09. The maximum absolute atomic E-state index is 11.3. The molecule has 100 valence electrons. The van der Waals surface area contributed by atoms with Crippen LogP contribution in [0.25, 0.3) is 0 Å². The van der Waals surface area contributed by atoms with E-state index in [1.165, 1.54) is 0 Å². The van der Waals surface area contributed by atoms with Gasteiger partial charge in [0.05, 0.1) is 15.9 Å². The van der Waals surface area contributed by atoms with E-state index >= 15 is 0 Å². The van der Waals surface area contributed by atoms with Gasteiger partial charge in [-0.05, 0) is 56.3 Å². The van der Waals surface area contributed by atoms with Crippen molar-refractivity contribution in [3.8, 4) is 0 Å². The van der Waals surface area contributed by atoms with Gasteiger partial charge in [0, 0.05) is 0 Å². The predicted molar refractivity (Wildman–Crippen MR) is 66.3 cm³/mol. The van der Waals surface area contributed by atoms with Gasteiger partial charge in [-0.3, -0.25) is 20.2 Å². The summed E-state index contributed by atoms with van der Waals surface area (Å²) < 4.78 is -2.18. The van der Waals surface area contributed by atoms with Crippen LogP contribution in [0.5, 0.6) is 0 Å². The van der Waals surface area contributed by atoms with Crippen molar-refractivity contribution in [2.45, 2.75) is 43.1 Å². The summed E-state index contributed by atoms with van der Waals surface area (Å²) in [5.41, 5.74) is -0.783. The van der Waals surface area contributed by atoms with Gasteiger partial charge in [0.2, 0.25) is 0 Å². The average Bonchev–Trinajstić information content (AvgIpc) is 2.25. The highest BCUT2D eigenvalue weighted by atomic mass is 79.9. The number of halogens is 1. The Labute approximate surface area is 113 Å². The number of nitrogens with zero attached hydrogens (tertiary/aromatic N) is 2. The Morgan fingerprint density at radius 1 is 0.944 bits per heavy atom. The quantitative estimate of drug-likeness (QED) is 0.263. The first kappa shape index (κ1) is 12.3. The van der Waals surface area contributed by atoms with Crippen LogP contribution in [-0.4, -0.2) is 14.4 Å². The Kier molecular flexibility index (Phi) is 2.50. The molecule has 0 aromatic rings. The van der Waals surface area contributed by atoms with Gasteiger partial charge in [-0.15, -0.1) is 0 Å². The minimum absolute atomic E-state index is 0.452. The molecule has 4 bridgehead atoms. The molecule has 0 aliphatic heterocycles. The third-order valence-electron chi connectivity index (χ3n) is 5.20. The van der Waals surface area contributed by atoms with Crippen LogP contribution >= 0.6 is 15.9 Å². The molecule has 0 aromatic heterocycles. The van der Waals surface area contributed by atoms with Crippen molar-refractivity contribution < 1.29 is 9.85 Å². The standard InChI is InChI=1S/C11H15BrN2O4/c12-11(13(15)16,14(17)18)10-4-7-1-8(5-10)3-9(2-7)6-10/h7-9H,1-6H2. The van der Waals surface area contributed by atoms with E-state index in [2.05, 4.69) is 15.9 Å². The molecular weight excluding hydrogens is 304 g/mol. The van der Waals surface area contributed by atoms with Gasteiger partial charge in [0.1, 0.15) is 15.3 Å². The summed E-state index contributed by atoms with van der Waals surface area (Å²) >= 11 is 2.90. The summed E-state index contributed by atoms with van der Waals surface area (Å²) in [5, 5.41) is 22.6. The topological polar surface area (TPSA) is 86.3 Å². The number of alkyl halides is 1. The zero-order chi connectivity index (χ0) is 13.1. The van der Waals surface area contributed by atoms with E-state index in [1.54, 1.807) is 0 Å². The fraction of sp³-hybridized carbons (Fsp3) is 1.00. The molecule has 0 heterocycles. The van der Waals surface area contributed by atoms with E-state index in [-0.39, 0.29) is 0 Å². The summed E-state index contributed by atoms with van der Waals surface area (Å²) in [7, 11) is 0. The normalized spacial score (nSPS) is 41.9. The van der Waals surface area contributed by atoms with E-state index in [0.717, 1.165) is 19.3 Å². The summed E-state index contributed by atoms with van der Waals surface area (Å²) in [6.45, 7) is 0. The molecule has 0 aromatic carbocycles. The van der Waals surface area contributed by atoms with Crippen molar-refractivity contribution >= 4 is 15.9 Å². The molecule has 4 rings (SSSR count). The first-order chi connectivity index (χ1) is 8.37. The Morgan fingerprint density at radius 2 is 1.28 bits per heavy atom. The van der Waals surface area contributed by atoms with Crippen LogP contribution in [0.4, 0.5) is 0 Å². The molecule has 0 saturated heterocycles. The van der Waals surface area contributed by atoms with Crippen LogP contribution in [-0.2, 0) is 0 Å². The fourth-order valence-corrected chi connectivity index (χ4v) is 5.44. The molecule has 4 aliphatic carbocycles. The van der Waals surface area contributed by atoms with Gasteiger partial charge in [-0.25, -0.2) is 0 Å². The second-order valence-corrected chi connectivity index (χ2v) is 7.41. The average molecular weight is 319 g/mol. The molecule has 18 heavy (non-hydrogen) atoms. The van der Waals surface area contributed by atoms with Gasteiger partial charge in [0.15, 0.2) is 0 Å². The van der Waals surface area contributed by atoms with Crippen LogP contribution in [0.2, 0.25) is 0 Å². The number of nitro groups is 2. The van der Waals surface area contributed by atoms with E-state index < -0.39 is 19.8 Å². The number of hydrogen-bond donors (Lipinski definition) is 0. The highest BCUT2D eigenvalue weighted by Gasteiger charge is 2.74. The van der Waals surface area contributed by atoms with Gasteiger partial charge in [-0.2, -0.15) is 0 Å². The summed E-state index contributed by atoms with van der Waals surface area (Å²) in [6, 6.07) is 0. The van der Waals surface area contributed by atoms with E-state index in [4.69, 9.17) is 0 Å². The summed E-state index contributed by atoms with van der Waals surface area (Å²) in [6.07, 6.45) is 5.22. The van der Waals surface area contributed by atoms with E-state index in [1.807, 2.05) is 0 Å². The van der Waals surface area contributed by atoms with Crippen molar-refractivity contribution in [3.63, 3.8) is 0 Å². The Hall–Kier alpha value is -0.720. The molecule has 0 N–H and O–H groups in total. The van der Waals surface area contributed by atoms with Crippen molar-refractivity contribution in [3.05, 3.63) is 20.2 Å². The lowest BCUT2D eigenvalue weighted by Crippen LogP contribution is -2.62. The van der Waals surface area contributed by atoms with E-state index in [0.29, 0.717) is 37.0 Å². The van der Waals surface area contributed by atoms with Crippen molar-refractivity contribution in [1.29, 1.82) is 0 Å². The maximum Gasteiger partial charge on any atom is 0.516 e.